The molecule has 0 aliphatic rings. The number of hydrogen-bond donors (Lipinski definition) is 2. The van der Waals surface area contributed by atoms with Crippen LogP contribution in [0.25, 0.3) is 40.0 Å². The number of benzene rings is 4. The minimum Gasteiger partial charge on any atom is -0.497 e. The molecule has 0 aliphatic carbocycles. The average Bonchev–Trinajstić information content (AvgIpc) is 3.74. The highest BCUT2D eigenvalue weighted by atomic mass is 32.2. The molecule has 11 heteroatoms. The number of carbonyl (C=O) groups is 2. The summed E-state index contributed by atoms with van der Waals surface area (Å²) in [7, 11) is 3.23. The van der Waals surface area contributed by atoms with Crippen molar-refractivity contribution in [1.82, 2.24) is 20.2 Å². The number of rotatable bonds is 11. The molecule has 0 unspecified atom stereocenters. The Morgan fingerprint density at radius 2 is 1.56 bits per heavy atom. The summed E-state index contributed by atoms with van der Waals surface area (Å²) in [6.45, 7) is 0. The fourth-order valence-electron chi connectivity index (χ4n) is 4.44. The van der Waals surface area contributed by atoms with E-state index in [-0.39, 0.29) is 22.7 Å². The van der Waals surface area contributed by atoms with Crippen LogP contribution in [0.4, 0.5) is 5.69 Å². The number of ether oxygens (including phenoxy) is 2. The van der Waals surface area contributed by atoms with Crippen LogP contribution in [-0.2, 0) is 4.79 Å². The van der Waals surface area contributed by atoms with Crippen LogP contribution in [0.1, 0.15) is 15.9 Å². The summed E-state index contributed by atoms with van der Waals surface area (Å²) >= 11 is 1.13. The van der Waals surface area contributed by atoms with Gasteiger partial charge in [0.15, 0.2) is 5.78 Å². The predicted octanol–water partition coefficient (Wildman–Crippen LogP) is 6.92. The molecule has 4 aromatic carbocycles. The number of aromatic amines is 1. The Balaban J connectivity index is 1.02. The fraction of sp³-hybridized carbons (Fsp3) is 0.0882. The molecule has 0 saturated carbocycles. The Labute approximate surface area is 262 Å². The number of allylic oxidation sites excluding steroid dienone is 1. The number of fused-ring (bicyclic) bond motifs is 1. The molecule has 2 heterocycles. The normalized spacial score (nSPS) is 11.2. The zero-order chi connectivity index (χ0) is 31.2. The summed E-state index contributed by atoms with van der Waals surface area (Å²) in [6, 6.07) is 27.4. The maximum atomic E-state index is 12.6. The van der Waals surface area contributed by atoms with Crippen molar-refractivity contribution >= 4 is 46.2 Å². The number of imidazole rings is 1. The van der Waals surface area contributed by atoms with E-state index in [9.17, 15) is 9.59 Å². The summed E-state index contributed by atoms with van der Waals surface area (Å²) in [5.74, 6) is 2.27. The van der Waals surface area contributed by atoms with Crippen molar-refractivity contribution in [2.45, 2.75) is 5.22 Å². The molecular formula is C34H27N5O5S. The van der Waals surface area contributed by atoms with Crippen LogP contribution in [0.2, 0.25) is 0 Å². The summed E-state index contributed by atoms with van der Waals surface area (Å²) in [5, 5.41) is 11.3. The maximum absolute atomic E-state index is 12.6. The summed E-state index contributed by atoms with van der Waals surface area (Å²) in [4.78, 5) is 33.1. The second-order valence-corrected chi connectivity index (χ2v) is 10.7. The summed E-state index contributed by atoms with van der Waals surface area (Å²) in [6.07, 6.45) is 3.25. The van der Waals surface area contributed by atoms with Gasteiger partial charge in [-0.25, -0.2) is 4.98 Å². The number of nitrogens with zero attached hydrogens (tertiary/aromatic N) is 3. The van der Waals surface area contributed by atoms with Crippen LogP contribution >= 0.6 is 11.8 Å². The Bertz CT molecular complexity index is 1980. The van der Waals surface area contributed by atoms with E-state index in [1.165, 1.54) is 6.08 Å². The van der Waals surface area contributed by atoms with E-state index >= 15 is 0 Å². The number of hydrogen-bond acceptors (Lipinski definition) is 9. The fourth-order valence-corrected chi connectivity index (χ4v) is 5.00. The number of aromatic nitrogens is 4. The lowest BCUT2D eigenvalue weighted by Crippen LogP contribution is -2.14. The maximum Gasteiger partial charge on any atom is 0.277 e. The van der Waals surface area contributed by atoms with Gasteiger partial charge in [0.25, 0.3) is 5.22 Å². The number of amides is 1. The van der Waals surface area contributed by atoms with E-state index in [1.54, 1.807) is 44.6 Å². The van der Waals surface area contributed by atoms with Crippen molar-refractivity contribution < 1.29 is 23.5 Å². The lowest BCUT2D eigenvalue weighted by molar-refractivity contribution is -0.113. The van der Waals surface area contributed by atoms with Crippen LogP contribution in [0.5, 0.6) is 11.5 Å². The van der Waals surface area contributed by atoms with Crippen molar-refractivity contribution in [2.75, 3.05) is 25.3 Å². The first-order valence-corrected chi connectivity index (χ1v) is 14.8. The Hall–Kier alpha value is -5.68. The molecule has 10 nitrogen and oxygen atoms in total. The Morgan fingerprint density at radius 3 is 2.27 bits per heavy atom. The van der Waals surface area contributed by atoms with Crippen LogP contribution in [0, 0.1) is 0 Å². The average molecular weight is 618 g/mol. The van der Waals surface area contributed by atoms with Gasteiger partial charge in [0.05, 0.1) is 31.0 Å². The third-order valence-corrected chi connectivity index (χ3v) is 7.64. The van der Waals surface area contributed by atoms with Crippen molar-refractivity contribution in [2.24, 2.45) is 0 Å². The quantitative estimate of drug-likeness (QED) is 0.0903. The van der Waals surface area contributed by atoms with Crippen molar-refractivity contribution in [3.05, 3.63) is 108 Å². The largest absolute Gasteiger partial charge is 0.497 e. The molecule has 6 rings (SSSR count). The lowest BCUT2D eigenvalue weighted by atomic mass is 10.1. The van der Waals surface area contributed by atoms with Gasteiger partial charge < -0.3 is 24.2 Å². The smallest absolute Gasteiger partial charge is 0.277 e. The monoisotopic (exact) mass is 617 g/mol. The number of methoxy groups -OCH3 is 2. The van der Waals surface area contributed by atoms with Crippen molar-refractivity contribution in [1.29, 1.82) is 0 Å². The first-order valence-electron chi connectivity index (χ1n) is 13.8. The van der Waals surface area contributed by atoms with E-state index < -0.39 is 0 Å². The number of carbonyl (C=O) groups excluding carboxylic acids is 2. The predicted molar refractivity (Wildman–Crippen MR) is 174 cm³/mol. The number of thioether (sulfide) groups is 1. The standard InChI is InChI=1S/C34H27N5O5S/c1-42-26-13-3-21(4-14-26)5-18-30(40)22-6-11-25(12-7-22)35-31(41)20-45-34-39-38-33(44-34)24-10-17-28-29(19-24)37-32(36-28)23-8-15-27(43-2)16-9-23/h3-19H,20H2,1-2H3,(H,35,41)(H,36,37)/b18-5+. The third kappa shape index (κ3) is 7.11. The van der Waals surface area contributed by atoms with Gasteiger partial charge in [-0.2, -0.15) is 0 Å². The highest BCUT2D eigenvalue weighted by Crippen LogP contribution is 2.28. The molecule has 1 amide bonds. The minimum atomic E-state index is -0.247. The molecular weight excluding hydrogens is 590 g/mol. The zero-order valence-corrected chi connectivity index (χ0v) is 25.1. The van der Waals surface area contributed by atoms with Crippen LogP contribution in [0.3, 0.4) is 0 Å². The lowest BCUT2D eigenvalue weighted by Gasteiger charge is -2.05. The van der Waals surface area contributed by atoms with E-state index in [0.717, 1.165) is 56.8 Å². The Morgan fingerprint density at radius 1 is 0.867 bits per heavy atom. The number of H-pyrrole nitrogens is 1. The van der Waals surface area contributed by atoms with Gasteiger partial charge in [-0.15, -0.1) is 10.2 Å². The van der Waals surface area contributed by atoms with Crippen LogP contribution < -0.4 is 14.8 Å². The van der Waals surface area contributed by atoms with Crippen LogP contribution in [-0.4, -0.2) is 51.8 Å². The molecule has 0 radical (unpaired) electrons. The molecule has 0 saturated heterocycles. The highest BCUT2D eigenvalue weighted by Gasteiger charge is 2.14. The van der Waals surface area contributed by atoms with Gasteiger partial charge in [-0.05, 0) is 90.5 Å². The third-order valence-electron chi connectivity index (χ3n) is 6.82. The second kappa shape index (κ2) is 13.3. The van der Waals surface area contributed by atoms with Crippen molar-refractivity contribution in [3.63, 3.8) is 0 Å². The van der Waals surface area contributed by atoms with Crippen molar-refractivity contribution in [3.8, 4) is 34.3 Å². The Kier molecular flexibility index (Phi) is 8.70. The second-order valence-electron chi connectivity index (χ2n) is 9.80. The molecule has 0 fully saturated rings. The molecule has 2 aromatic heterocycles. The first kappa shape index (κ1) is 29.4. The van der Waals surface area contributed by atoms with E-state index in [1.807, 2.05) is 66.7 Å². The van der Waals surface area contributed by atoms with Gasteiger partial charge in [0.1, 0.15) is 17.3 Å². The molecule has 0 bridgehead atoms. The first-order chi connectivity index (χ1) is 22.0. The van der Waals surface area contributed by atoms with Gasteiger partial charge in [0.2, 0.25) is 11.8 Å². The summed E-state index contributed by atoms with van der Waals surface area (Å²) in [5.41, 5.74) is 5.26. The van der Waals surface area contributed by atoms with E-state index in [4.69, 9.17) is 13.9 Å². The molecule has 0 atom stereocenters. The number of nitrogens with one attached hydrogen (secondary N) is 2. The minimum absolute atomic E-state index is 0.0672. The molecule has 224 valence electrons. The molecule has 0 spiro atoms. The van der Waals surface area contributed by atoms with Gasteiger partial charge in [-0.3, -0.25) is 9.59 Å². The number of anilines is 1. The van der Waals surface area contributed by atoms with Crippen LogP contribution in [0.15, 0.2) is 107 Å². The molecule has 2 N–H and O–H groups in total. The molecule has 6 aromatic rings. The van der Waals surface area contributed by atoms with E-state index in [2.05, 4.69) is 25.5 Å². The zero-order valence-electron chi connectivity index (χ0n) is 24.3. The van der Waals surface area contributed by atoms with Gasteiger partial charge in [-0.1, -0.05) is 30.0 Å². The van der Waals surface area contributed by atoms with Gasteiger partial charge >= 0.3 is 0 Å². The number of ketones is 1. The highest BCUT2D eigenvalue weighted by molar-refractivity contribution is 7.99. The topological polar surface area (TPSA) is 132 Å². The molecule has 0 aliphatic heterocycles. The summed E-state index contributed by atoms with van der Waals surface area (Å²) < 4.78 is 16.2. The SMILES string of the molecule is COc1ccc(/C=C/C(=O)c2ccc(NC(=O)CSc3nnc(-c4ccc5nc(-c6ccc(OC)cc6)[nH]c5c4)o3)cc2)cc1. The van der Waals surface area contributed by atoms with Gasteiger partial charge in [0, 0.05) is 22.4 Å². The van der Waals surface area contributed by atoms with E-state index in [0.29, 0.717) is 17.1 Å². The molecule has 45 heavy (non-hydrogen) atoms.